The van der Waals surface area contributed by atoms with Gasteiger partial charge in [0.1, 0.15) is 11.9 Å². The lowest BCUT2D eigenvalue weighted by molar-refractivity contribution is -0.140. The Balaban J connectivity index is 2.72. The molecule has 3 amide bonds. The van der Waals surface area contributed by atoms with Gasteiger partial charge in [-0.05, 0) is 18.2 Å². The van der Waals surface area contributed by atoms with E-state index in [0.29, 0.717) is 4.47 Å². The van der Waals surface area contributed by atoms with E-state index in [9.17, 15) is 18.8 Å². The molecule has 1 rings (SSSR count). The Morgan fingerprint density at radius 2 is 2.05 bits per heavy atom. The molecule has 20 heavy (non-hydrogen) atoms. The molecule has 1 aromatic rings. The Kier molecular flexibility index (Phi) is 5.44. The smallest absolute Gasteiger partial charge is 0.326 e. The van der Waals surface area contributed by atoms with Gasteiger partial charge in [0, 0.05) is 4.47 Å². The number of carboxylic acids is 1. The van der Waals surface area contributed by atoms with Crippen LogP contribution in [0.4, 0.5) is 14.9 Å². The van der Waals surface area contributed by atoms with Crippen LogP contribution in [0.2, 0.25) is 0 Å². The number of carboxylic acid groups (broad SMARTS) is 1. The zero-order chi connectivity index (χ0) is 15.3. The Hall–Kier alpha value is -2.16. The van der Waals surface area contributed by atoms with Gasteiger partial charge in [-0.1, -0.05) is 15.9 Å². The SMILES string of the molecule is NC(=O)CC(NC(=O)Nc1cc(Br)ccc1F)C(=O)O. The molecule has 1 atom stereocenters. The highest BCUT2D eigenvalue weighted by molar-refractivity contribution is 9.10. The summed E-state index contributed by atoms with van der Waals surface area (Å²) in [5, 5.41) is 13.0. The number of urea groups is 1. The molecule has 1 unspecified atom stereocenters. The standard InChI is InChI=1S/C11H11BrFN3O4/c12-5-1-2-6(13)7(3-5)15-11(20)16-8(10(18)19)4-9(14)17/h1-3,8H,4H2,(H2,14,17)(H,18,19)(H2,15,16,20). The minimum Gasteiger partial charge on any atom is -0.480 e. The van der Waals surface area contributed by atoms with E-state index in [0.717, 1.165) is 6.07 Å². The van der Waals surface area contributed by atoms with Gasteiger partial charge in [-0.15, -0.1) is 0 Å². The number of hydrogen-bond acceptors (Lipinski definition) is 3. The minimum absolute atomic E-state index is 0.139. The third-order valence-corrected chi connectivity index (χ3v) is 2.68. The van der Waals surface area contributed by atoms with Crippen molar-refractivity contribution in [2.75, 3.05) is 5.32 Å². The highest BCUT2D eigenvalue weighted by Gasteiger charge is 2.22. The summed E-state index contributed by atoms with van der Waals surface area (Å²) in [5.74, 6) is -3.00. The minimum atomic E-state index is -1.48. The highest BCUT2D eigenvalue weighted by Crippen LogP contribution is 2.19. The normalized spacial score (nSPS) is 11.5. The number of aliphatic carboxylic acids is 1. The molecular weight excluding hydrogens is 337 g/mol. The first-order valence-corrected chi connectivity index (χ1v) is 6.12. The third-order valence-electron chi connectivity index (χ3n) is 2.19. The van der Waals surface area contributed by atoms with E-state index in [1.54, 1.807) is 0 Å². The van der Waals surface area contributed by atoms with Crippen LogP contribution >= 0.6 is 15.9 Å². The fourth-order valence-electron chi connectivity index (χ4n) is 1.31. The van der Waals surface area contributed by atoms with Gasteiger partial charge in [0.05, 0.1) is 12.1 Å². The predicted molar refractivity (Wildman–Crippen MR) is 71.5 cm³/mol. The van der Waals surface area contributed by atoms with Crippen LogP contribution in [0.1, 0.15) is 6.42 Å². The fraction of sp³-hybridized carbons (Fsp3) is 0.182. The first-order chi connectivity index (χ1) is 9.29. The molecule has 5 N–H and O–H groups in total. The fourth-order valence-corrected chi connectivity index (χ4v) is 1.67. The molecule has 0 spiro atoms. The monoisotopic (exact) mass is 347 g/mol. The lowest BCUT2D eigenvalue weighted by atomic mass is 10.2. The number of amides is 3. The van der Waals surface area contributed by atoms with Crippen LogP contribution in [0.5, 0.6) is 0 Å². The summed E-state index contributed by atoms with van der Waals surface area (Å²) in [4.78, 5) is 33.0. The summed E-state index contributed by atoms with van der Waals surface area (Å²) < 4.78 is 13.9. The van der Waals surface area contributed by atoms with Gasteiger partial charge < -0.3 is 21.5 Å². The molecule has 0 fully saturated rings. The van der Waals surface area contributed by atoms with E-state index < -0.39 is 36.2 Å². The van der Waals surface area contributed by atoms with Crippen molar-refractivity contribution in [1.29, 1.82) is 0 Å². The Labute approximate surface area is 121 Å². The number of anilines is 1. The summed E-state index contributed by atoms with van der Waals surface area (Å²) >= 11 is 3.10. The van der Waals surface area contributed by atoms with Crippen LogP contribution in [0.25, 0.3) is 0 Å². The average Bonchev–Trinajstić information content (AvgIpc) is 2.32. The van der Waals surface area contributed by atoms with Crippen LogP contribution in [-0.2, 0) is 9.59 Å². The molecule has 0 radical (unpaired) electrons. The molecule has 0 saturated carbocycles. The van der Waals surface area contributed by atoms with E-state index in [1.807, 2.05) is 5.32 Å². The van der Waals surface area contributed by atoms with Crippen molar-refractivity contribution in [2.45, 2.75) is 12.5 Å². The first kappa shape index (κ1) is 15.9. The molecule has 1 aromatic carbocycles. The lowest BCUT2D eigenvalue weighted by Crippen LogP contribution is -2.45. The molecule has 0 aliphatic heterocycles. The molecule has 9 heteroatoms. The number of hydrogen-bond donors (Lipinski definition) is 4. The van der Waals surface area contributed by atoms with E-state index >= 15 is 0 Å². The number of primary amides is 1. The number of rotatable bonds is 5. The summed E-state index contributed by atoms with van der Waals surface area (Å²) in [5.41, 5.74) is 4.72. The van der Waals surface area contributed by atoms with Gasteiger partial charge in [-0.25, -0.2) is 14.0 Å². The van der Waals surface area contributed by atoms with Gasteiger partial charge >= 0.3 is 12.0 Å². The number of nitrogens with one attached hydrogen (secondary N) is 2. The van der Waals surface area contributed by atoms with Crippen LogP contribution in [-0.4, -0.2) is 29.1 Å². The molecule has 0 aliphatic carbocycles. The van der Waals surface area contributed by atoms with Crippen LogP contribution in [0.3, 0.4) is 0 Å². The molecule has 7 nitrogen and oxygen atoms in total. The van der Waals surface area contributed by atoms with E-state index in [1.165, 1.54) is 12.1 Å². The number of benzene rings is 1. The number of halogens is 2. The first-order valence-electron chi connectivity index (χ1n) is 5.33. The van der Waals surface area contributed by atoms with E-state index in [-0.39, 0.29) is 5.69 Å². The largest absolute Gasteiger partial charge is 0.480 e. The Morgan fingerprint density at radius 1 is 1.40 bits per heavy atom. The lowest BCUT2D eigenvalue weighted by Gasteiger charge is -2.14. The summed E-state index contributed by atoms with van der Waals surface area (Å²) in [6, 6.07) is 1.42. The second kappa shape index (κ2) is 6.85. The maximum Gasteiger partial charge on any atom is 0.326 e. The van der Waals surface area contributed by atoms with Crippen molar-refractivity contribution >= 4 is 39.5 Å². The summed E-state index contributed by atoms with van der Waals surface area (Å²) in [6.07, 6.45) is -0.566. The third kappa shape index (κ3) is 4.84. The summed E-state index contributed by atoms with van der Waals surface area (Å²) in [7, 11) is 0. The molecule has 0 heterocycles. The van der Waals surface area contributed by atoms with Crippen molar-refractivity contribution in [3.8, 4) is 0 Å². The molecule has 108 valence electrons. The maximum absolute atomic E-state index is 13.4. The Bertz CT molecular complexity index is 552. The molecule has 0 aromatic heterocycles. The van der Waals surface area contributed by atoms with Crippen molar-refractivity contribution < 1.29 is 23.9 Å². The average molecular weight is 348 g/mol. The quantitative estimate of drug-likeness (QED) is 0.635. The van der Waals surface area contributed by atoms with Gasteiger partial charge in [-0.3, -0.25) is 4.79 Å². The Morgan fingerprint density at radius 3 is 2.60 bits per heavy atom. The predicted octanol–water partition coefficient (Wildman–Crippen LogP) is 1.04. The van der Waals surface area contributed by atoms with Gasteiger partial charge in [0.25, 0.3) is 0 Å². The van der Waals surface area contributed by atoms with Crippen molar-refractivity contribution in [2.24, 2.45) is 5.73 Å². The highest BCUT2D eigenvalue weighted by atomic mass is 79.9. The van der Waals surface area contributed by atoms with Crippen LogP contribution in [0.15, 0.2) is 22.7 Å². The van der Waals surface area contributed by atoms with Gasteiger partial charge in [0.2, 0.25) is 5.91 Å². The number of nitrogens with two attached hydrogens (primary N) is 1. The van der Waals surface area contributed by atoms with Crippen molar-refractivity contribution in [3.63, 3.8) is 0 Å². The maximum atomic E-state index is 13.4. The molecule has 0 saturated heterocycles. The molecule has 0 bridgehead atoms. The molecule has 0 aliphatic rings. The van der Waals surface area contributed by atoms with E-state index in [2.05, 4.69) is 21.2 Å². The zero-order valence-corrected chi connectivity index (χ0v) is 11.6. The van der Waals surface area contributed by atoms with Crippen molar-refractivity contribution in [1.82, 2.24) is 5.32 Å². The van der Waals surface area contributed by atoms with Crippen molar-refractivity contribution in [3.05, 3.63) is 28.5 Å². The number of carbonyl (C=O) groups excluding carboxylic acids is 2. The summed E-state index contributed by atoms with van der Waals surface area (Å²) in [6.45, 7) is 0. The number of carbonyl (C=O) groups is 3. The second-order valence-corrected chi connectivity index (χ2v) is 4.70. The van der Waals surface area contributed by atoms with Gasteiger partial charge in [0.15, 0.2) is 0 Å². The zero-order valence-electron chi connectivity index (χ0n) is 10.0. The van der Waals surface area contributed by atoms with Crippen LogP contribution in [0, 0.1) is 5.82 Å². The van der Waals surface area contributed by atoms with Crippen LogP contribution < -0.4 is 16.4 Å². The topological polar surface area (TPSA) is 122 Å². The molecular formula is C11H11BrFN3O4. The second-order valence-electron chi connectivity index (χ2n) is 3.78. The van der Waals surface area contributed by atoms with Gasteiger partial charge in [-0.2, -0.15) is 0 Å². The van der Waals surface area contributed by atoms with E-state index in [4.69, 9.17) is 10.8 Å².